The van der Waals surface area contributed by atoms with E-state index in [1.54, 1.807) is 6.20 Å². The van der Waals surface area contributed by atoms with Gasteiger partial charge in [0.25, 0.3) is 0 Å². The molecule has 0 aliphatic carbocycles. The third kappa shape index (κ3) is 23.3. The largest absolute Gasteiger partial charge is 0.405 e. The summed E-state index contributed by atoms with van der Waals surface area (Å²) in [6, 6.07) is 0. The highest BCUT2D eigenvalue weighted by Crippen LogP contribution is 2.13. The quantitative estimate of drug-likeness (QED) is 0.173. The molecular formula is C24H47N. The first-order valence-electron chi connectivity index (χ1n) is 11.4. The van der Waals surface area contributed by atoms with E-state index in [9.17, 15) is 0 Å². The molecular weight excluding hydrogens is 302 g/mol. The van der Waals surface area contributed by atoms with Gasteiger partial charge >= 0.3 is 0 Å². The normalized spacial score (nSPS) is 11.9. The smallest absolute Gasteiger partial charge is 0.0103 e. The maximum absolute atomic E-state index is 5.33. The van der Waals surface area contributed by atoms with Crippen molar-refractivity contribution in [3.63, 3.8) is 0 Å². The van der Waals surface area contributed by atoms with Crippen LogP contribution in [0.25, 0.3) is 0 Å². The lowest BCUT2D eigenvalue weighted by atomic mass is 10.0. The zero-order valence-electron chi connectivity index (χ0n) is 17.3. The molecule has 0 spiro atoms. The molecule has 0 fully saturated rings. The second-order valence-electron chi connectivity index (χ2n) is 7.57. The first-order valence-corrected chi connectivity index (χ1v) is 11.4. The molecule has 0 radical (unpaired) electrons. The summed E-state index contributed by atoms with van der Waals surface area (Å²) in [5.74, 6) is 0. The highest BCUT2D eigenvalue weighted by atomic mass is 14.5. The van der Waals surface area contributed by atoms with Gasteiger partial charge in [-0.15, -0.1) is 0 Å². The third-order valence-electron chi connectivity index (χ3n) is 5.02. The van der Waals surface area contributed by atoms with Gasteiger partial charge in [0.1, 0.15) is 0 Å². The highest BCUT2D eigenvalue weighted by molar-refractivity contribution is 4.81. The Morgan fingerprint density at radius 3 is 1.12 bits per heavy atom. The molecule has 1 nitrogen and oxygen atoms in total. The van der Waals surface area contributed by atoms with Gasteiger partial charge in [0, 0.05) is 0 Å². The van der Waals surface area contributed by atoms with Gasteiger partial charge in [0.2, 0.25) is 0 Å². The fourth-order valence-electron chi connectivity index (χ4n) is 3.31. The number of hydrogen-bond acceptors (Lipinski definition) is 1. The van der Waals surface area contributed by atoms with Crippen molar-refractivity contribution in [3.8, 4) is 0 Å². The molecule has 0 rings (SSSR count). The van der Waals surface area contributed by atoms with E-state index < -0.39 is 0 Å². The molecule has 0 aliphatic heterocycles. The van der Waals surface area contributed by atoms with Crippen LogP contribution in [0, 0.1) is 0 Å². The molecule has 0 saturated carbocycles. The Kier molecular flexibility index (Phi) is 22.6. The van der Waals surface area contributed by atoms with Gasteiger partial charge in [-0.25, -0.2) is 0 Å². The molecule has 2 N–H and O–H groups in total. The monoisotopic (exact) mass is 349 g/mol. The summed E-state index contributed by atoms with van der Waals surface area (Å²) in [7, 11) is 0. The molecule has 1 heteroatoms. The number of unbranched alkanes of at least 4 members (excludes halogenated alkanes) is 17. The van der Waals surface area contributed by atoms with Crippen molar-refractivity contribution in [2.24, 2.45) is 5.73 Å². The van der Waals surface area contributed by atoms with Crippen LogP contribution in [-0.2, 0) is 0 Å². The maximum Gasteiger partial charge on any atom is -0.0103 e. The molecule has 0 aromatic rings. The van der Waals surface area contributed by atoms with Crippen LogP contribution in [0.5, 0.6) is 0 Å². The van der Waals surface area contributed by atoms with Crippen LogP contribution in [0.15, 0.2) is 24.4 Å². The molecule has 0 aromatic carbocycles. The Balaban J connectivity index is 3.02. The Bertz CT molecular complexity index is 280. The molecule has 0 aromatic heterocycles. The van der Waals surface area contributed by atoms with E-state index in [0.717, 1.165) is 6.42 Å². The van der Waals surface area contributed by atoms with Crippen LogP contribution in [0.3, 0.4) is 0 Å². The summed E-state index contributed by atoms with van der Waals surface area (Å²) in [5.41, 5.74) is 5.33. The lowest BCUT2D eigenvalue weighted by Gasteiger charge is -2.03. The van der Waals surface area contributed by atoms with Crippen molar-refractivity contribution in [3.05, 3.63) is 24.4 Å². The molecule has 0 unspecified atom stereocenters. The minimum absolute atomic E-state index is 1.16. The fraction of sp³-hybridized carbons (Fsp3) is 0.833. The third-order valence-corrected chi connectivity index (χ3v) is 5.02. The first-order chi connectivity index (χ1) is 12.4. The zero-order valence-corrected chi connectivity index (χ0v) is 17.3. The minimum Gasteiger partial charge on any atom is -0.405 e. The van der Waals surface area contributed by atoms with Crippen molar-refractivity contribution in [2.45, 2.75) is 129 Å². The van der Waals surface area contributed by atoms with Crippen LogP contribution < -0.4 is 5.73 Å². The van der Waals surface area contributed by atoms with Crippen molar-refractivity contribution in [2.75, 3.05) is 0 Å². The first kappa shape index (κ1) is 24.3. The Morgan fingerprint density at radius 2 is 0.760 bits per heavy atom. The van der Waals surface area contributed by atoms with E-state index in [1.807, 2.05) is 0 Å². The number of hydrogen-bond donors (Lipinski definition) is 1. The average Bonchev–Trinajstić information content (AvgIpc) is 2.63. The topological polar surface area (TPSA) is 26.0 Å². The van der Waals surface area contributed by atoms with Gasteiger partial charge in [0.15, 0.2) is 0 Å². The van der Waals surface area contributed by atoms with Crippen LogP contribution in [0.2, 0.25) is 0 Å². The van der Waals surface area contributed by atoms with Crippen LogP contribution >= 0.6 is 0 Å². The summed E-state index contributed by atoms with van der Waals surface area (Å²) >= 11 is 0. The highest BCUT2D eigenvalue weighted by Gasteiger charge is 1.94. The summed E-state index contributed by atoms with van der Waals surface area (Å²) in [4.78, 5) is 0. The van der Waals surface area contributed by atoms with E-state index in [4.69, 9.17) is 5.73 Å². The number of allylic oxidation sites excluding steroid dienone is 3. The molecule has 0 atom stereocenters. The Hall–Kier alpha value is -0.720. The predicted molar refractivity (Wildman–Crippen MR) is 116 cm³/mol. The van der Waals surface area contributed by atoms with Crippen molar-refractivity contribution in [1.29, 1.82) is 0 Å². The average molecular weight is 350 g/mol. The molecule has 0 saturated heterocycles. The fourth-order valence-corrected chi connectivity index (χ4v) is 3.31. The SMILES string of the molecule is CCCCCC=CCCCCCCCCCCCCCCCC=CN. The van der Waals surface area contributed by atoms with Crippen LogP contribution in [0.4, 0.5) is 0 Å². The van der Waals surface area contributed by atoms with Gasteiger partial charge in [-0.2, -0.15) is 0 Å². The van der Waals surface area contributed by atoms with Crippen molar-refractivity contribution in [1.82, 2.24) is 0 Å². The van der Waals surface area contributed by atoms with Gasteiger partial charge in [0.05, 0.1) is 0 Å². The molecule has 0 amide bonds. The van der Waals surface area contributed by atoms with Gasteiger partial charge in [-0.3, -0.25) is 0 Å². The van der Waals surface area contributed by atoms with E-state index >= 15 is 0 Å². The Labute approximate surface area is 159 Å². The van der Waals surface area contributed by atoms with Crippen LogP contribution in [0.1, 0.15) is 129 Å². The summed E-state index contributed by atoms with van der Waals surface area (Å²) in [6.07, 6.45) is 34.9. The van der Waals surface area contributed by atoms with E-state index in [1.165, 1.54) is 116 Å². The second kappa shape index (κ2) is 23.3. The molecule has 0 heterocycles. The van der Waals surface area contributed by atoms with Gasteiger partial charge in [-0.1, -0.05) is 109 Å². The molecule has 148 valence electrons. The minimum atomic E-state index is 1.16. The molecule has 0 bridgehead atoms. The lowest BCUT2D eigenvalue weighted by Crippen LogP contribution is -1.83. The van der Waals surface area contributed by atoms with E-state index in [2.05, 4.69) is 25.2 Å². The second-order valence-corrected chi connectivity index (χ2v) is 7.57. The van der Waals surface area contributed by atoms with Gasteiger partial charge in [-0.05, 0) is 44.7 Å². The summed E-state index contributed by atoms with van der Waals surface area (Å²) in [6.45, 7) is 2.27. The van der Waals surface area contributed by atoms with E-state index in [0.29, 0.717) is 0 Å². The lowest BCUT2D eigenvalue weighted by molar-refractivity contribution is 0.538. The number of nitrogens with two attached hydrogens (primary N) is 1. The zero-order chi connectivity index (χ0) is 18.3. The Morgan fingerprint density at radius 1 is 0.440 bits per heavy atom. The number of rotatable bonds is 20. The predicted octanol–water partition coefficient (Wildman–Crippen LogP) is 8.45. The van der Waals surface area contributed by atoms with Gasteiger partial charge < -0.3 is 5.73 Å². The standard InChI is InChI=1S/C24H47N/c1-2-3-4-5-6-7-8-9-10-11-12-13-14-15-16-17-18-19-20-21-22-23-24-25/h6-7,23-24H,2-5,8-22,25H2,1H3. The maximum atomic E-state index is 5.33. The van der Waals surface area contributed by atoms with Crippen LogP contribution in [-0.4, -0.2) is 0 Å². The van der Waals surface area contributed by atoms with Crippen molar-refractivity contribution < 1.29 is 0 Å². The van der Waals surface area contributed by atoms with E-state index in [-0.39, 0.29) is 0 Å². The summed E-state index contributed by atoms with van der Waals surface area (Å²) in [5, 5.41) is 0. The summed E-state index contributed by atoms with van der Waals surface area (Å²) < 4.78 is 0. The molecule has 0 aliphatic rings. The van der Waals surface area contributed by atoms with Crippen molar-refractivity contribution >= 4 is 0 Å². The molecule has 25 heavy (non-hydrogen) atoms.